The lowest BCUT2D eigenvalue weighted by Crippen LogP contribution is -2.41. The molecule has 0 saturated carbocycles. The molecule has 0 amide bonds. The van der Waals surface area contributed by atoms with Gasteiger partial charge in [0.2, 0.25) is 0 Å². The molecule has 1 heterocycles. The van der Waals surface area contributed by atoms with Crippen molar-refractivity contribution < 1.29 is 13.7 Å². The van der Waals surface area contributed by atoms with Gasteiger partial charge in [0.1, 0.15) is 6.17 Å². The molecular formula is C21H38BFN2O2. The van der Waals surface area contributed by atoms with Gasteiger partial charge in [-0.2, -0.15) is 0 Å². The van der Waals surface area contributed by atoms with Crippen molar-refractivity contribution in [2.75, 3.05) is 0 Å². The number of allylic oxidation sites excluding steroid dienone is 2. The van der Waals surface area contributed by atoms with Crippen LogP contribution in [0.5, 0.6) is 0 Å². The van der Waals surface area contributed by atoms with E-state index in [0.717, 1.165) is 56.2 Å². The van der Waals surface area contributed by atoms with Crippen LogP contribution in [-0.2, 0) is 9.31 Å². The molecular weight excluding hydrogens is 342 g/mol. The highest BCUT2D eigenvalue weighted by Gasteiger charge is 2.53. The van der Waals surface area contributed by atoms with Gasteiger partial charge in [0.15, 0.2) is 0 Å². The largest absolute Gasteiger partial charge is 0.514 e. The summed E-state index contributed by atoms with van der Waals surface area (Å²) in [5.74, 6) is 0. The summed E-state index contributed by atoms with van der Waals surface area (Å²) in [5.41, 5.74) is 1.48. The Morgan fingerprint density at radius 1 is 1.07 bits per heavy atom. The van der Waals surface area contributed by atoms with Crippen molar-refractivity contribution in [2.24, 2.45) is 0 Å². The van der Waals surface area contributed by atoms with E-state index < -0.39 is 24.5 Å². The first-order chi connectivity index (χ1) is 12.6. The van der Waals surface area contributed by atoms with Gasteiger partial charge in [-0.1, -0.05) is 26.7 Å². The molecule has 0 bridgehead atoms. The van der Waals surface area contributed by atoms with Crippen LogP contribution < -0.4 is 5.32 Å². The van der Waals surface area contributed by atoms with Crippen molar-refractivity contribution in [3.05, 3.63) is 11.3 Å². The van der Waals surface area contributed by atoms with E-state index in [9.17, 15) is 4.39 Å². The summed E-state index contributed by atoms with van der Waals surface area (Å²) < 4.78 is 26.8. The average Bonchev–Trinajstić information content (AvgIpc) is 2.82. The Balaban J connectivity index is 2.21. The molecule has 4 nitrogen and oxygen atoms in total. The van der Waals surface area contributed by atoms with E-state index in [2.05, 4.69) is 12.2 Å². The predicted octanol–water partition coefficient (Wildman–Crippen LogP) is 5.36. The quantitative estimate of drug-likeness (QED) is 0.418. The minimum absolute atomic E-state index is 0.177. The fourth-order valence-electron chi connectivity index (χ4n) is 3.82. The Bertz CT molecular complexity index is 546. The van der Waals surface area contributed by atoms with Crippen LogP contribution in [0.4, 0.5) is 4.39 Å². The van der Waals surface area contributed by atoms with Gasteiger partial charge in [0, 0.05) is 5.70 Å². The standard InChI is InChI=1S/C21H38BFN2O2/c1-7-11-16(23)18(12-8-2)25-17-14-10-9-13-15(17)19(24)22-26-20(3,4)21(5,6)27-22/h16,18,24-25H,7-14H2,1-6H3. The normalized spacial score (nSPS) is 24.0. The molecule has 2 N–H and O–H groups in total. The molecule has 2 aliphatic rings. The second kappa shape index (κ2) is 9.08. The van der Waals surface area contributed by atoms with E-state index in [-0.39, 0.29) is 6.04 Å². The lowest BCUT2D eigenvalue weighted by Gasteiger charge is -2.32. The van der Waals surface area contributed by atoms with Crippen LogP contribution in [0.25, 0.3) is 0 Å². The molecule has 0 aromatic rings. The van der Waals surface area contributed by atoms with Gasteiger partial charge >= 0.3 is 7.12 Å². The Morgan fingerprint density at radius 2 is 1.63 bits per heavy atom. The second-order valence-electron chi connectivity index (χ2n) is 9.01. The van der Waals surface area contributed by atoms with E-state index in [0.29, 0.717) is 12.0 Å². The Morgan fingerprint density at radius 3 is 2.19 bits per heavy atom. The topological polar surface area (TPSA) is 54.3 Å². The minimum atomic E-state index is -0.850. The third kappa shape index (κ3) is 5.14. The van der Waals surface area contributed by atoms with E-state index in [1.54, 1.807) is 0 Å². The van der Waals surface area contributed by atoms with Crippen LogP contribution in [0.3, 0.4) is 0 Å². The third-order valence-corrected chi connectivity index (χ3v) is 6.24. The van der Waals surface area contributed by atoms with E-state index in [4.69, 9.17) is 14.7 Å². The maximum atomic E-state index is 14.7. The highest BCUT2D eigenvalue weighted by atomic mass is 19.1. The van der Waals surface area contributed by atoms with Crippen LogP contribution >= 0.6 is 0 Å². The second-order valence-corrected chi connectivity index (χ2v) is 9.01. The maximum Gasteiger partial charge on any atom is 0.514 e. The molecule has 0 spiro atoms. The van der Waals surface area contributed by atoms with E-state index >= 15 is 0 Å². The fraction of sp³-hybridized carbons (Fsp3) is 0.857. The molecule has 0 radical (unpaired) electrons. The highest BCUT2D eigenvalue weighted by molar-refractivity contribution is 6.85. The van der Waals surface area contributed by atoms with Crippen LogP contribution in [0.1, 0.15) is 92.9 Å². The Labute approximate surface area is 165 Å². The number of halogens is 1. The summed E-state index contributed by atoms with van der Waals surface area (Å²) in [4.78, 5) is 0. The molecule has 27 heavy (non-hydrogen) atoms. The van der Waals surface area contributed by atoms with Gasteiger partial charge in [0.25, 0.3) is 0 Å². The smallest absolute Gasteiger partial charge is 0.398 e. The Kier molecular flexibility index (Phi) is 7.54. The summed E-state index contributed by atoms with van der Waals surface area (Å²) in [6.07, 6.45) is 6.15. The summed E-state index contributed by atoms with van der Waals surface area (Å²) in [6.45, 7) is 12.1. The molecule has 1 aliphatic heterocycles. The number of hydrogen-bond acceptors (Lipinski definition) is 4. The number of hydrogen-bond donors (Lipinski definition) is 2. The van der Waals surface area contributed by atoms with Crippen molar-refractivity contribution in [3.8, 4) is 0 Å². The van der Waals surface area contributed by atoms with Crippen molar-refractivity contribution >= 4 is 12.7 Å². The van der Waals surface area contributed by atoms with E-state index in [1.165, 1.54) is 0 Å². The zero-order valence-electron chi connectivity index (χ0n) is 18.1. The van der Waals surface area contributed by atoms with Crippen LogP contribution in [0.15, 0.2) is 11.3 Å². The van der Waals surface area contributed by atoms with Crippen molar-refractivity contribution in [3.63, 3.8) is 0 Å². The average molecular weight is 380 g/mol. The first-order valence-electron chi connectivity index (χ1n) is 10.7. The number of alkyl halides is 1. The molecule has 2 atom stereocenters. The first kappa shape index (κ1) is 22.4. The molecule has 2 rings (SSSR count). The molecule has 1 saturated heterocycles. The molecule has 154 valence electrons. The van der Waals surface area contributed by atoms with Crippen molar-refractivity contribution in [2.45, 2.75) is 116 Å². The Hall–Kier alpha value is -0.875. The van der Waals surface area contributed by atoms with Gasteiger partial charge in [-0.05, 0) is 71.8 Å². The third-order valence-electron chi connectivity index (χ3n) is 6.24. The lowest BCUT2D eigenvalue weighted by molar-refractivity contribution is 0.00578. The molecule has 1 aliphatic carbocycles. The van der Waals surface area contributed by atoms with Crippen LogP contribution in [-0.4, -0.2) is 36.1 Å². The summed E-state index contributed by atoms with van der Waals surface area (Å²) >= 11 is 0. The van der Waals surface area contributed by atoms with Crippen LogP contribution in [0, 0.1) is 5.41 Å². The summed E-state index contributed by atoms with van der Waals surface area (Å²) in [6, 6.07) is -0.177. The zero-order valence-corrected chi connectivity index (χ0v) is 18.1. The van der Waals surface area contributed by atoms with Gasteiger partial charge in [-0.25, -0.2) is 4.39 Å². The molecule has 6 heteroatoms. The highest BCUT2D eigenvalue weighted by Crippen LogP contribution is 2.38. The molecule has 1 fully saturated rings. The van der Waals surface area contributed by atoms with E-state index in [1.807, 2.05) is 34.6 Å². The van der Waals surface area contributed by atoms with Crippen molar-refractivity contribution in [1.82, 2.24) is 5.32 Å². The van der Waals surface area contributed by atoms with Crippen LogP contribution in [0.2, 0.25) is 0 Å². The molecule has 0 aromatic carbocycles. The SMILES string of the molecule is CCCC(F)C(CCC)NC1=C(C(=N)B2OC(C)(C)C(C)(C)O2)CCCC1. The molecule has 2 unspecified atom stereocenters. The monoisotopic (exact) mass is 380 g/mol. The number of nitrogens with one attached hydrogen (secondary N) is 2. The predicted molar refractivity (Wildman–Crippen MR) is 111 cm³/mol. The summed E-state index contributed by atoms with van der Waals surface area (Å²) in [7, 11) is -0.652. The van der Waals surface area contributed by atoms with Crippen molar-refractivity contribution in [1.29, 1.82) is 5.41 Å². The van der Waals surface area contributed by atoms with Gasteiger partial charge < -0.3 is 20.0 Å². The number of rotatable bonds is 9. The minimum Gasteiger partial charge on any atom is -0.398 e. The fourth-order valence-corrected chi connectivity index (χ4v) is 3.82. The summed E-state index contributed by atoms with van der Waals surface area (Å²) in [5, 5.41) is 12.2. The zero-order chi connectivity index (χ0) is 20.2. The van der Waals surface area contributed by atoms with Gasteiger partial charge in [-0.3, -0.25) is 0 Å². The van der Waals surface area contributed by atoms with Gasteiger partial charge in [0.05, 0.1) is 22.9 Å². The van der Waals surface area contributed by atoms with Gasteiger partial charge in [-0.15, -0.1) is 0 Å². The maximum absolute atomic E-state index is 14.7. The molecule has 0 aromatic heterocycles. The lowest BCUT2D eigenvalue weighted by atomic mass is 9.73. The first-order valence-corrected chi connectivity index (χ1v) is 10.7.